The van der Waals surface area contributed by atoms with Crippen molar-refractivity contribution < 1.29 is 9.66 Å². The summed E-state index contributed by atoms with van der Waals surface area (Å²) in [5.41, 5.74) is 4.61. The Balaban J connectivity index is 2.00. The number of hydrogen-bond acceptors (Lipinski definition) is 5. The van der Waals surface area contributed by atoms with E-state index >= 15 is 0 Å². The van der Waals surface area contributed by atoms with Gasteiger partial charge in [0.25, 0.3) is 5.69 Å². The molecule has 24 heavy (non-hydrogen) atoms. The van der Waals surface area contributed by atoms with Crippen LogP contribution in [-0.4, -0.2) is 23.4 Å². The molecule has 0 saturated carbocycles. The third-order valence-electron chi connectivity index (χ3n) is 3.16. The van der Waals surface area contributed by atoms with E-state index in [9.17, 15) is 10.1 Å². The van der Waals surface area contributed by atoms with Crippen molar-refractivity contribution in [3.63, 3.8) is 0 Å². The highest BCUT2D eigenvalue weighted by atomic mass is 32.1. The number of anilines is 1. The minimum atomic E-state index is -0.423. The predicted molar refractivity (Wildman–Crippen MR) is 97.8 cm³/mol. The molecule has 0 bridgehead atoms. The van der Waals surface area contributed by atoms with E-state index in [1.54, 1.807) is 32.2 Å². The quantitative estimate of drug-likeness (QED) is 0.375. The van der Waals surface area contributed by atoms with Gasteiger partial charge in [0.1, 0.15) is 5.75 Å². The van der Waals surface area contributed by atoms with Crippen LogP contribution in [0.15, 0.2) is 47.6 Å². The lowest BCUT2D eigenvalue weighted by Gasteiger charge is -2.10. The molecule has 0 atom stereocenters. The molecule has 0 aliphatic rings. The molecule has 0 aliphatic heterocycles. The summed E-state index contributed by atoms with van der Waals surface area (Å²) in [7, 11) is 1.57. The number of thiocarbonyl (C=S) groups is 1. The zero-order chi connectivity index (χ0) is 17.5. The maximum Gasteiger partial charge on any atom is 0.272 e. The molecule has 0 aliphatic carbocycles. The van der Waals surface area contributed by atoms with Gasteiger partial charge in [-0.05, 0) is 31.3 Å². The van der Waals surface area contributed by atoms with Crippen LogP contribution < -0.4 is 15.5 Å². The monoisotopic (exact) mass is 344 g/mol. The molecule has 0 aromatic heterocycles. The van der Waals surface area contributed by atoms with E-state index < -0.39 is 4.92 Å². The zero-order valence-corrected chi connectivity index (χ0v) is 14.0. The molecule has 2 rings (SSSR count). The number of rotatable bonds is 5. The van der Waals surface area contributed by atoms with Crippen molar-refractivity contribution in [3.05, 3.63) is 63.7 Å². The van der Waals surface area contributed by atoms with E-state index in [1.165, 1.54) is 12.3 Å². The summed E-state index contributed by atoms with van der Waals surface area (Å²) in [6.07, 6.45) is 1.46. The number of para-hydroxylation sites is 2. The highest BCUT2D eigenvalue weighted by Gasteiger charge is 2.10. The fourth-order valence-electron chi connectivity index (χ4n) is 1.97. The average Bonchev–Trinajstić information content (AvgIpc) is 2.56. The van der Waals surface area contributed by atoms with Gasteiger partial charge in [-0.3, -0.25) is 15.5 Å². The van der Waals surface area contributed by atoms with Crippen LogP contribution in [0.2, 0.25) is 0 Å². The normalized spacial score (nSPS) is 10.4. The number of methoxy groups -OCH3 is 1. The molecule has 124 valence electrons. The van der Waals surface area contributed by atoms with Crippen molar-refractivity contribution in [3.8, 4) is 5.75 Å². The van der Waals surface area contributed by atoms with E-state index in [0.29, 0.717) is 22.6 Å². The van der Waals surface area contributed by atoms with Gasteiger partial charge < -0.3 is 10.1 Å². The highest BCUT2D eigenvalue weighted by Crippen LogP contribution is 2.22. The molecule has 2 aromatic carbocycles. The molecule has 7 nitrogen and oxygen atoms in total. The molecule has 0 unspecified atom stereocenters. The summed E-state index contributed by atoms with van der Waals surface area (Å²) in [5.74, 6) is 0.653. The van der Waals surface area contributed by atoms with E-state index in [2.05, 4.69) is 15.8 Å². The van der Waals surface area contributed by atoms with E-state index in [4.69, 9.17) is 17.0 Å². The lowest BCUT2D eigenvalue weighted by molar-refractivity contribution is -0.385. The lowest BCUT2D eigenvalue weighted by atomic mass is 10.1. The fourth-order valence-corrected chi connectivity index (χ4v) is 2.13. The van der Waals surface area contributed by atoms with E-state index in [1.807, 2.05) is 18.2 Å². The van der Waals surface area contributed by atoms with Crippen molar-refractivity contribution in [2.24, 2.45) is 5.10 Å². The lowest BCUT2D eigenvalue weighted by Crippen LogP contribution is -2.24. The number of hydrogen-bond donors (Lipinski definition) is 2. The zero-order valence-electron chi connectivity index (χ0n) is 13.1. The summed E-state index contributed by atoms with van der Waals surface area (Å²) < 4.78 is 5.21. The fraction of sp³-hybridized carbons (Fsp3) is 0.125. The second kappa shape index (κ2) is 8.02. The molecule has 8 heteroatoms. The Morgan fingerprint density at radius 1 is 1.33 bits per heavy atom. The molecular weight excluding hydrogens is 328 g/mol. The average molecular weight is 344 g/mol. The van der Waals surface area contributed by atoms with E-state index in [-0.39, 0.29) is 10.8 Å². The number of benzene rings is 2. The molecule has 0 radical (unpaired) electrons. The summed E-state index contributed by atoms with van der Waals surface area (Å²) in [5, 5.41) is 18.1. The summed E-state index contributed by atoms with van der Waals surface area (Å²) in [6, 6.07) is 12.2. The van der Waals surface area contributed by atoms with Gasteiger partial charge in [-0.15, -0.1) is 0 Å². The molecule has 0 fully saturated rings. The largest absolute Gasteiger partial charge is 0.495 e. The Hall–Kier alpha value is -3.00. The second-order valence-corrected chi connectivity index (χ2v) is 5.24. The number of hydrazone groups is 1. The number of nitro benzene ring substituents is 1. The van der Waals surface area contributed by atoms with Crippen molar-refractivity contribution >= 4 is 34.9 Å². The molecule has 0 saturated heterocycles. The number of nitrogens with one attached hydrogen (secondary N) is 2. The first-order chi connectivity index (χ1) is 11.5. The summed E-state index contributed by atoms with van der Waals surface area (Å²) in [4.78, 5) is 10.5. The summed E-state index contributed by atoms with van der Waals surface area (Å²) in [6.45, 7) is 1.68. The second-order valence-electron chi connectivity index (χ2n) is 4.83. The van der Waals surface area contributed by atoms with Gasteiger partial charge in [0.15, 0.2) is 5.11 Å². The first kappa shape index (κ1) is 17.4. The molecule has 0 heterocycles. The van der Waals surface area contributed by atoms with Gasteiger partial charge >= 0.3 is 0 Å². The van der Waals surface area contributed by atoms with Crippen LogP contribution in [0.3, 0.4) is 0 Å². The Morgan fingerprint density at radius 2 is 2.08 bits per heavy atom. The first-order valence-electron chi connectivity index (χ1n) is 6.99. The Labute approximate surface area is 144 Å². The number of aryl methyl sites for hydroxylation is 1. The third-order valence-corrected chi connectivity index (χ3v) is 3.36. The van der Waals surface area contributed by atoms with Crippen LogP contribution in [0, 0.1) is 17.0 Å². The molecule has 0 amide bonds. The molecular formula is C16H16N4O3S. The Morgan fingerprint density at radius 3 is 2.79 bits per heavy atom. The van der Waals surface area contributed by atoms with Gasteiger partial charge in [0, 0.05) is 17.2 Å². The van der Waals surface area contributed by atoms with Crippen LogP contribution in [0.25, 0.3) is 0 Å². The van der Waals surface area contributed by atoms with Crippen molar-refractivity contribution in [2.45, 2.75) is 6.92 Å². The van der Waals surface area contributed by atoms with Gasteiger partial charge in [0.2, 0.25) is 0 Å². The van der Waals surface area contributed by atoms with Crippen LogP contribution >= 0.6 is 12.2 Å². The van der Waals surface area contributed by atoms with Crippen molar-refractivity contribution in [1.29, 1.82) is 0 Å². The Kier molecular flexibility index (Phi) is 5.80. The van der Waals surface area contributed by atoms with Crippen LogP contribution in [0.4, 0.5) is 11.4 Å². The minimum Gasteiger partial charge on any atom is -0.495 e. The van der Waals surface area contributed by atoms with Crippen LogP contribution in [0.5, 0.6) is 5.75 Å². The SMILES string of the molecule is COc1ccccc1NC(=S)N/N=C\c1ccc(C)c([N+](=O)[O-])c1. The minimum absolute atomic E-state index is 0.0497. The molecule has 2 aromatic rings. The topological polar surface area (TPSA) is 88.8 Å². The third kappa shape index (κ3) is 4.50. The van der Waals surface area contributed by atoms with Crippen molar-refractivity contribution in [1.82, 2.24) is 5.43 Å². The first-order valence-corrected chi connectivity index (χ1v) is 7.40. The van der Waals surface area contributed by atoms with Gasteiger partial charge in [0.05, 0.1) is 23.9 Å². The Bertz CT molecular complexity index is 793. The summed E-state index contributed by atoms with van der Waals surface area (Å²) >= 11 is 5.15. The van der Waals surface area contributed by atoms with Crippen molar-refractivity contribution in [2.75, 3.05) is 12.4 Å². The van der Waals surface area contributed by atoms with Crippen LogP contribution in [0.1, 0.15) is 11.1 Å². The maximum absolute atomic E-state index is 10.9. The van der Waals surface area contributed by atoms with E-state index in [0.717, 1.165) is 0 Å². The maximum atomic E-state index is 10.9. The number of nitro groups is 1. The number of nitrogens with zero attached hydrogens (tertiary/aromatic N) is 2. The molecule has 2 N–H and O–H groups in total. The standard InChI is InChI=1S/C16H16N4O3S/c1-11-7-8-12(9-14(11)20(21)22)10-17-19-16(24)18-13-5-3-4-6-15(13)23-2/h3-10H,1-2H3,(H2,18,19,24)/b17-10-. The van der Waals surface area contributed by atoms with Crippen LogP contribution in [-0.2, 0) is 0 Å². The number of ether oxygens (including phenoxy) is 1. The van der Waals surface area contributed by atoms with Gasteiger partial charge in [-0.2, -0.15) is 5.10 Å². The smallest absolute Gasteiger partial charge is 0.272 e. The predicted octanol–water partition coefficient (Wildman–Crippen LogP) is 3.23. The van der Waals surface area contributed by atoms with Gasteiger partial charge in [-0.1, -0.05) is 24.3 Å². The van der Waals surface area contributed by atoms with Gasteiger partial charge in [-0.25, -0.2) is 0 Å². The highest BCUT2D eigenvalue weighted by molar-refractivity contribution is 7.80. The molecule has 0 spiro atoms.